The van der Waals surface area contributed by atoms with E-state index in [1.54, 1.807) is 12.1 Å². The number of hydrogen-bond acceptors (Lipinski definition) is 2. The van der Waals surface area contributed by atoms with E-state index < -0.39 is 7.82 Å². The maximum Gasteiger partial charge on any atom is 0.469 e. The van der Waals surface area contributed by atoms with Crippen molar-refractivity contribution in [1.82, 2.24) is 0 Å². The van der Waals surface area contributed by atoms with Crippen LogP contribution in [0.5, 0.6) is 0 Å². The van der Waals surface area contributed by atoms with Crippen LogP contribution in [0.2, 0.25) is 0 Å². The van der Waals surface area contributed by atoms with Gasteiger partial charge in [-0.25, -0.2) is 4.57 Å². The molecule has 0 bridgehead atoms. The number of phosphoric acid groups is 1. The first-order valence-corrected chi connectivity index (χ1v) is 5.27. The number of rotatable bonds is 3. The van der Waals surface area contributed by atoms with E-state index in [-0.39, 0.29) is 6.61 Å². The molecule has 13 heavy (non-hydrogen) atoms. The van der Waals surface area contributed by atoms with Crippen LogP contribution in [0.15, 0.2) is 24.3 Å². The monoisotopic (exact) mass is 202 g/mol. The average Bonchev–Trinajstić information content (AvgIpc) is 2.01. The van der Waals surface area contributed by atoms with Gasteiger partial charge in [0.2, 0.25) is 0 Å². The van der Waals surface area contributed by atoms with E-state index in [9.17, 15) is 4.57 Å². The normalized spacial score (nSPS) is 11.6. The summed E-state index contributed by atoms with van der Waals surface area (Å²) in [4.78, 5) is 16.9. The zero-order valence-electron chi connectivity index (χ0n) is 7.17. The highest BCUT2D eigenvalue weighted by Gasteiger charge is 2.13. The Bertz CT molecular complexity index is 331. The molecule has 0 radical (unpaired) electrons. The van der Waals surface area contributed by atoms with Gasteiger partial charge in [0.1, 0.15) is 0 Å². The summed E-state index contributed by atoms with van der Waals surface area (Å²) in [6.07, 6.45) is 0. The number of phosphoric ester groups is 1. The molecule has 1 aromatic carbocycles. The van der Waals surface area contributed by atoms with Gasteiger partial charge in [-0.15, -0.1) is 0 Å². The fraction of sp³-hybridized carbons (Fsp3) is 0.250. The lowest BCUT2D eigenvalue weighted by Crippen LogP contribution is -1.93. The molecule has 0 aliphatic rings. The molecule has 1 rings (SSSR count). The molecule has 0 saturated heterocycles. The zero-order valence-corrected chi connectivity index (χ0v) is 8.07. The third-order valence-corrected chi connectivity index (χ3v) is 2.11. The van der Waals surface area contributed by atoms with Crippen LogP contribution < -0.4 is 0 Å². The molecule has 0 aliphatic heterocycles. The molecule has 0 heterocycles. The van der Waals surface area contributed by atoms with Gasteiger partial charge in [-0.2, -0.15) is 0 Å². The van der Waals surface area contributed by atoms with Crippen molar-refractivity contribution in [3.05, 3.63) is 35.4 Å². The molecule has 1 aromatic rings. The standard InChI is InChI=1S/C8H11O4P/c1-7-4-2-3-5-8(7)6-12-13(9,10)11/h2-5H,6H2,1H3,(H2,9,10,11). The van der Waals surface area contributed by atoms with Crippen LogP contribution in [0.25, 0.3) is 0 Å². The summed E-state index contributed by atoms with van der Waals surface area (Å²) in [7, 11) is -4.35. The quantitative estimate of drug-likeness (QED) is 0.730. The Balaban J connectivity index is 2.65. The predicted octanol–water partition coefficient (Wildman–Crippen LogP) is 1.60. The first kappa shape index (κ1) is 10.4. The Morgan fingerprint density at radius 3 is 2.54 bits per heavy atom. The van der Waals surface area contributed by atoms with E-state index in [4.69, 9.17) is 9.79 Å². The molecule has 72 valence electrons. The van der Waals surface area contributed by atoms with Gasteiger partial charge in [-0.3, -0.25) is 4.52 Å². The predicted molar refractivity (Wildman–Crippen MR) is 48.0 cm³/mol. The summed E-state index contributed by atoms with van der Waals surface area (Å²) in [5, 5.41) is 0. The molecule has 5 heteroatoms. The van der Waals surface area contributed by atoms with Crippen molar-refractivity contribution >= 4 is 7.82 Å². The first-order valence-electron chi connectivity index (χ1n) is 3.73. The second-order valence-electron chi connectivity index (χ2n) is 2.69. The van der Waals surface area contributed by atoms with E-state index in [0.29, 0.717) is 0 Å². The van der Waals surface area contributed by atoms with Crippen molar-refractivity contribution in [3.8, 4) is 0 Å². The fourth-order valence-electron chi connectivity index (χ4n) is 0.926. The van der Waals surface area contributed by atoms with Crippen LogP contribution in [0.1, 0.15) is 11.1 Å². The van der Waals surface area contributed by atoms with Crippen molar-refractivity contribution in [3.63, 3.8) is 0 Å². The van der Waals surface area contributed by atoms with Crippen molar-refractivity contribution in [2.24, 2.45) is 0 Å². The minimum Gasteiger partial charge on any atom is -0.303 e. The van der Waals surface area contributed by atoms with E-state index in [1.165, 1.54) is 0 Å². The van der Waals surface area contributed by atoms with Gasteiger partial charge in [0.25, 0.3) is 0 Å². The topological polar surface area (TPSA) is 66.8 Å². The van der Waals surface area contributed by atoms with Gasteiger partial charge in [0.15, 0.2) is 0 Å². The van der Waals surface area contributed by atoms with Crippen LogP contribution in [0.4, 0.5) is 0 Å². The molecule has 4 nitrogen and oxygen atoms in total. The van der Waals surface area contributed by atoms with E-state index in [2.05, 4.69) is 4.52 Å². The molecule has 0 aromatic heterocycles. The van der Waals surface area contributed by atoms with Crippen molar-refractivity contribution < 1.29 is 18.9 Å². The highest BCUT2D eigenvalue weighted by atomic mass is 31.2. The van der Waals surface area contributed by atoms with Crippen LogP contribution >= 0.6 is 7.82 Å². The van der Waals surface area contributed by atoms with Gasteiger partial charge in [0, 0.05) is 0 Å². The molecule has 0 saturated carbocycles. The first-order chi connectivity index (χ1) is 5.99. The summed E-state index contributed by atoms with van der Waals surface area (Å²) < 4.78 is 14.8. The Labute approximate surface area is 76.4 Å². The molecule has 0 unspecified atom stereocenters. The van der Waals surface area contributed by atoms with Crippen LogP contribution in [0, 0.1) is 6.92 Å². The van der Waals surface area contributed by atoms with Gasteiger partial charge in [0.05, 0.1) is 6.61 Å². The molecule has 0 amide bonds. The van der Waals surface area contributed by atoms with Gasteiger partial charge >= 0.3 is 7.82 Å². The molecule has 0 spiro atoms. The molecule has 2 N–H and O–H groups in total. The fourth-order valence-corrected chi connectivity index (χ4v) is 1.23. The highest BCUT2D eigenvalue weighted by molar-refractivity contribution is 7.46. The lowest BCUT2D eigenvalue weighted by atomic mass is 10.1. The average molecular weight is 202 g/mol. The SMILES string of the molecule is Cc1ccccc1COP(=O)(O)O. The Morgan fingerprint density at radius 2 is 2.00 bits per heavy atom. The van der Waals surface area contributed by atoms with Crippen LogP contribution in [0.3, 0.4) is 0 Å². The third-order valence-electron chi connectivity index (χ3n) is 1.65. The summed E-state index contributed by atoms with van der Waals surface area (Å²) in [5.74, 6) is 0. The summed E-state index contributed by atoms with van der Waals surface area (Å²) in [5.41, 5.74) is 1.74. The Morgan fingerprint density at radius 1 is 1.38 bits per heavy atom. The van der Waals surface area contributed by atoms with E-state index in [1.807, 2.05) is 19.1 Å². The lowest BCUT2D eigenvalue weighted by Gasteiger charge is -2.06. The van der Waals surface area contributed by atoms with E-state index in [0.717, 1.165) is 11.1 Å². The number of benzene rings is 1. The molecule has 0 atom stereocenters. The van der Waals surface area contributed by atoms with Gasteiger partial charge < -0.3 is 9.79 Å². The maximum absolute atomic E-state index is 10.4. The second kappa shape index (κ2) is 4.03. The minimum atomic E-state index is -4.35. The number of aryl methyl sites for hydroxylation is 1. The van der Waals surface area contributed by atoms with Crippen LogP contribution in [-0.2, 0) is 15.7 Å². The third kappa shape index (κ3) is 3.70. The van der Waals surface area contributed by atoms with E-state index >= 15 is 0 Å². The van der Waals surface area contributed by atoms with Crippen molar-refractivity contribution in [1.29, 1.82) is 0 Å². The zero-order chi connectivity index (χ0) is 9.90. The van der Waals surface area contributed by atoms with Crippen molar-refractivity contribution in [2.45, 2.75) is 13.5 Å². The largest absolute Gasteiger partial charge is 0.469 e. The van der Waals surface area contributed by atoms with Crippen LogP contribution in [-0.4, -0.2) is 9.79 Å². The maximum atomic E-state index is 10.4. The molecule has 0 fully saturated rings. The number of hydrogen-bond donors (Lipinski definition) is 2. The highest BCUT2D eigenvalue weighted by Crippen LogP contribution is 2.37. The molecule has 0 aliphatic carbocycles. The summed E-state index contributed by atoms with van der Waals surface area (Å²) in [6, 6.07) is 7.28. The lowest BCUT2D eigenvalue weighted by molar-refractivity contribution is 0.189. The molecular formula is C8H11O4P. The molecular weight excluding hydrogens is 191 g/mol. The summed E-state index contributed by atoms with van der Waals surface area (Å²) >= 11 is 0. The van der Waals surface area contributed by atoms with Gasteiger partial charge in [-0.05, 0) is 18.1 Å². The second-order valence-corrected chi connectivity index (χ2v) is 3.93. The van der Waals surface area contributed by atoms with Crippen molar-refractivity contribution in [2.75, 3.05) is 0 Å². The Kier molecular flexibility index (Phi) is 3.22. The van der Waals surface area contributed by atoms with Gasteiger partial charge in [-0.1, -0.05) is 24.3 Å². The Hall–Kier alpha value is -0.670. The summed E-state index contributed by atoms with van der Waals surface area (Å²) in [6.45, 7) is 1.80. The smallest absolute Gasteiger partial charge is 0.303 e. The minimum absolute atomic E-state index is 0.0586.